The molecular weight excluding hydrogens is 166 g/mol. The summed E-state index contributed by atoms with van der Waals surface area (Å²) in [4.78, 5) is 3.91. The fourth-order valence-electron chi connectivity index (χ4n) is 1.63. The van der Waals surface area contributed by atoms with Crippen LogP contribution in [0.15, 0.2) is 24.5 Å². The molecule has 1 N–H and O–H groups in total. The Labute approximate surface area is 77.4 Å². The second kappa shape index (κ2) is 3.75. The van der Waals surface area contributed by atoms with E-state index in [0.29, 0.717) is 0 Å². The first-order valence-electron chi connectivity index (χ1n) is 4.59. The zero-order valence-electron chi connectivity index (χ0n) is 7.39. The number of rotatable bonds is 2. The van der Waals surface area contributed by atoms with Gasteiger partial charge in [0.2, 0.25) is 0 Å². The van der Waals surface area contributed by atoms with Gasteiger partial charge in [-0.3, -0.25) is 4.98 Å². The number of aliphatic hydroxyl groups excluding tert-OH is 1. The lowest BCUT2D eigenvalue weighted by Crippen LogP contribution is -2.13. The van der Waals surface area contributed by atoms with Crippen LogP contribution >= 0.6 is 0 Å². The zero-order chi connectivity index (χ0) is 9.10. The summed E-state index contributed by atoms with van der Waals surface area (Å²) in [6.07, 6.45) is 5.98. The molecule has 1 fully saturated rings. The molecule has 0 aromatic carbocycles. The molecule has 1 aromatic rings. The van der Waals surface area contributed by atoms with Crippen molar-refractivity contribution >= 4 is 0 Å². The van der Waals surface area contributed by atoms with Gasteiger partial charge in [-0.15, -0.1) is 0 Å². The molecular formula is C10H13NO2. The molecule has 1 aromatic heterocycles. The van der Waals surface area contributed by atoms with Crippen molar-refractivity contribution in [3.63, 3.8) is 0 Å². The van der Waals surface area contributed by atoms with Crippen molar-refractivity contribution in [2.24, 2.45) is 0 Å². The molecule has 1 aliphatic carbocycles. The van der Waals surface area contributed by atoms with Crippen molar-refractivity contribution in [2.75, 3.05) is 0 Å². The maximum absolute atomic E-state index is 9.29. The van der Waals surface area contributed by atoms with E-state index in [1.807, 2.05) is 12.1 Å². The minimum absolute atomic E-state index is 0.174. The molecule has 2 atom stereocenters. The van der Waals surface area contributed by atoms with Crippen molar-refractivity contribution < 1.29 is 9.84 Å². The van der Waals surface area contributed by atoms with Crippen LogP contribution in [0.25, 0.3) is 0 Å². The molecule has 0 spiro atoms. The molecule has 1 saturated carbocycles. The molecule has 3 heteroatoms. The average Bonchev–Trinajstić information content (AvgIpc) is 2.53. The molecule has 70 valence electrons. The molecule has 2 unspecified atom stereocenters. The fraction of sp³-hybridized carbons (Fsp3) is 0.500. The second-order valence-electron chi connectivity index (χ2n) is 3.39. The number of nitrogens with zero attached hydrogens (tertiary/aromatic N) is 1. The highest BCUT2D eigenvalue weighted by molar-refractivity contribution is 5.17. The second-order valence-corrected chi connectivity index (χ2v) is 3.39. The van der Waals surface area contributed by atoms with E-state index < -0.39 is 0 Å². The van der Waals surface area contributed by atoms with Gasteiger partial charge in [0.05, 0.1) is 6.10 Å². The monoisotopic (exact) mass is 179 g/mol. The summed E-state index contributed by atoms with van der Waals surface area (Å²) in [7, 11) is 0. The van der Waals surface area contributed by atoms with Gasteiger partial charge in [-0.1, -0.05) is 0 Å². The van der Waals surface area contributed by atoms with Crippen LogP contribution in [0.3, 0.4) is 0 Å². The Hall–Kier alpha value is -1.09. The van der Waals surface area contributed by atoms with Crippen LogP contribution in [-0.2, 0) is 0 Å². The van der Waals surface area contributed by atoms with Crippen molar-refractivity contribution in [3.05, 3.63) is 24.5 Å². The highest BCUT2D eigenvalue weighted by atomic mass is 16.5. The summed E-state index contributed by atoms with van der Waals surface area (Å²) in [6, 6.07) is 3.68. The van der Waals surface area contributed by atoms with Crippen LogP contribution in [0.2, 0.25) is 0 Å². The Morgan fingerprint density at radius 1 is 1.31 bits per heavy atom. The van der Waals surface area contributed by atoms with Crippen LogP contribution in [0.4, 0.5) is 0 Å². The van der Waals surface area contributed by atoms with E-state index >= 15 is 0 Å². The van der Waals surface area contributed by atoms with Gasteiger partial charge in [0.25, 0.3) is 0 Å². The number of aliphatic hydroxyl groups is 1. The minimum atomic E-state index is -0.174. The molecule has 0 aliphatic heterocycles. The summed E-state index contributed by atoms with van der Waals surface area (Å²) in [5.41, 5.74) is 0. The van der Waals surface area contributed by atoms with Gasteiger partial charge in [0.15, 0.2) is 0 Å². The maximum atomic E-state index is 9.29. The van der Waals surface area contributed by atoms with Crippen LogP contribution < -0.4 is 4.74 Å². The third-order valence-electron chi connectivity index (χ3n) is 2.31. The predicted molar refractivity (Wildman–Crippen MR) is 48.5 cm³/mol. The van der Waals surface area contributed by atoms with E-state index in [1.165, 1.54) is 0 Å². The maximum Gasteiger partial charge on any atom is 0.122 e. The first kappa shape index (κ1) is 8.51. The first-order valence-corrected chi connectivity index (χ1v) is 4.59. The van der Waals surface area contributed by atoms with Crippen LogP contribution in [0, 0.1) is 0 Å². The van der Waals surface area contributed by atoms with Gasteiger partial charge in [-0.2, -0.15) is 0 Å². The lowest BCUT2D eigenvalue weighted by molar-refractivity contribution is 0.149. The van der Waals surface area contributed by atoms with E-state index in [2.05, 4.69) is 4.98 Å². The Bertz CT molecular complexity index is 263. The Morgan fingerprint density at radius 3 is 2.69 bits per heavy atom. The van der Waals surface area contributed by atoms with E-state index in [0.717, 1.165) is 25.0 Å². The van der Waals surface area contributed by atoms with Gasteiger partial charge < -0.3 is 9.84 Å². The summed E-state index contributed by atoms with van der Waals surface area (Å²) < 4.78 is 5.65. The quantitative estimate of drug-likeness (QED) is 0.745. The number of hydrogen-bond donors (Lipinski definition) is 1. The first-order chi connectivity index (χ1) is 6.34. The van der Waals surface area contributed by atoms with Gasteiger partial charge >= 0.3 is 0 Å². The smallest absolute Gasteiger partial charge is 0.122 e. The van der Waals surface area contributed by atoms with Crippen LogP contribution in [0.1, 0.15) is 19.3 Å². The minimum Gasteiger partial charge on any atom is -0.490 e. The Kier molecular flexibility index (Phi) is 2.45. The number of hydrogen-bond acceptors (Lipinski definition) is 3. The topological polar surface area (TPSA) is 42.4 Å². The van der Waals surface area contributed by atoms with Gasteiger partial charge in [0, 0.05) is 18.8 Å². The van der Waals surface area contributed by atoms with E-state index in [-0.39, 0.29) is 12.2 Å². The summed E-state index contributed by atoms with van der Waals surface area (Å²) >= 11 is 0. The van der Waals surface area contributed by atoms with Gasteiger partial charge in [0.1, 0.15) is 11.9 Å². The van der Waals surface area contributed by atoms with Gasteiger partial charge in [-0.25, -0.2) is 0 Å². The predicted octanol–water partition coefficient (Wildman–Crippen LogP) is 1.37. The molecule has 0 bridgehead atoms. The number of pyridine rings is 1. The molecule has 3 nitrogen and oxygen atoms in total. The Morgan fingerprint density at radius 2 is 2.08 bits per heavy atom. The molecule has 0 radical (unpaired) electrons. The standard InChI is InChI=1S/C10H13NO2/c12-8-1-2-10(7-8)13-9-3-5-11-6-4-9/h3-6,8,10,12H,1-2,7H2. The largest absolute Gasteiger partial charge is 0.490 e. The summed E-state index contributed by atoms with van der Waals surface area (Å²) in [5.74, 6) is 0.842. The molecule has 0 amide bonds. The van der Waals surface area contributed by atoms with E-state index in [1.54, 1.807) is 12.4 Å². The van der Waals surface area contributed by atoms with Crippen molar-refractivity contribution in [3.8, 4) is 5.75 Å². The Balaban J connectivity index is 1.92. The van der Waals surface area contributed by atoms with E-state index in [9.17, 15) is 5.11 Å². The average molecular weight is 179 g/mol. The zero-order valence-corrected chi connectivity index (χ0v) is 7.39. The van der Waals surface area contributed by atoms with Crippen molar-refractivity contribution in [2.45, 2.75) is 31.5 Å². The molecule has 1 heterocycles. The van der Waals surface area contributed by atoms with Crippen LogP contribution in [0.5, 0.6) is 5.75 Å². The molecule has 1 aliphatic rings. The highest BCUT2D eigenvalue weighted by Crippen LogP contribution is 2.23. The molecule has 0 saturated heterocycles. The third kappa shape index (κ3) is 2.18. The normalized spacial score (nSPS) is 27.5. The number of ether oxygens (including phenoxy) is 1. The number of aromatic nitrogens is 1. The third-order valence-corrected chi connectivity index (χ3v) is 2.31. The molecule has 13 heavy (non-hydrogen) atoms. The summed E-state index contributed by atoms with van der Waals surface area (Å²) in [5, 5.41) is 9.29. The van der Waals surface area contributed by atoms with Crippen molar-refractivity contribution in [1.29, 1.82) is 0 Å². The highest BCUT2D eigenvalue weighted by Gasteiger charge is 2.23. The van der Waals surface area contributed by atoms with Gasteiger partial charge in [-0.05, 0) is 25.0 Å². The van der Waals surface area contributed by atoms with Crippen molar-refractivity contribution in [1.82, 2.24) is 4.98 Å². The summed E-state index contributed by atoms with van der Waals surface area (Å²) in [6.45, 7) is 0. The lowest BCUT2D eigenvalue weighted by Gasteiger charge is -2.12. The van der Waals surface area contributed by atoms with Crippen LogP contribution in [-0.4, -0.2) is 22.3 Å². The van der Waals surface area contributed by atoms with E-state index in [4.69, 9.17) is 4.74 Å². The SMILES string of the molecule is OC1CCC(Oc2ccncc2)C1. The molecule has 2 rings (SSSR count). The lowest BCUT2D eigenvalue weighted by atomic mass is 10.3. The fourth-order valence-corrected chi connectivity index (χ4v) is 1.63.